The Balaban J connectivity index is 1.99. The first kappa shape index (κ1) is 24.0. The van der Waals surface area contributed by atoms with Gasteiger partial charge in [-0.05, 0) is 38.1 Å². The van der Waals surface area contributed by atoms with Crippen LogP contribution in [-0.4, -0.2) is 83.5 Å². The number of rotatable bonds is 1. The summed E-state index contributed by atoms with van der Waals surface area (Å²) in [5.74, 6) is -1.77. The Labute approximate surface area is 188 Å². The van der Waals surface area contributed by atoms with Crippen LogP contribution in [0.2, 0.25) is 0 Å². The van der Waals surface area contributed by atoms with E-state index in [0.29, 0.717) is 5.56 Å². The monoisotopic (exact) mass is 444 g/mol. The molecule has 3 N–H and O–H groups in total. The molecule has 3 unspecified atom stereocenters. The van der Waals surface area contributed by atoms with Gasteiger partial charge in [-0.2, -0.15) is 0 Å². The number of ether oxygens (including phenoxy) is 1. The summed E-state index contributed by atoms with van der Waals surface area (Å²) in [5.41, 5.74) is 1.28. The van der Waals surface area contributed by atoms with Crippen molar-refractivity contribution in [2.24, 2.45) is 5.92 Å². The highest BCUT2D eigenvalue weighted by atomic mass is 16.5. The molecule has 0 amide bonds. The van der Waals surface area contributed by atoms with E-state index in [0.717, 1.165) is 31.9 Å². The van der Waals surface area contributed by atoms with Gasteiger partial charge in [0.15, 0.2) is 5.78 Å². The number of carbonyl (C=O) groups is 2. The Morgan fingerprint density at radius 3 is 2.41 bits per heavy atom. The summed E-state index contributed by atoms with van der Waals surface area (Å²) in [5, 5.41) is 31.1. The summed E-state index contributed by atoms with van der Waals surface area (Å²) in [6.45, 7) is 6.81. The lowest BCUT2D eigenvalue weighted by Gasteiger charge is -2.34. The number of phenols is 1. The van der Waals surface area contributed by atoms with Gasteiger partial charge in [0, 0.05) is 43.9 Å². The largest absolute Gasteiger partial charge is 0.507 e. The van der Waals surface area contributed by atoms with E-state index in [1.54, 1.807) is 32.1 Å². The maximum absolute atomic E-state index is 12.9. The zero-order valence-electron chi connectivity index (χ0n) is 18.8. The summed E-state index contributed by atoms with van der Waals surface area (Å²) in [4.78, 5) is 29.4. The van der Waals surface area contributed by atoms with E-state index >= 15 is 0 Å². The van der Waals surface area contributed by atoms with Gasteiger partial charge in [0.2, 0.25) is 0 Å². The Morgan fingerprint density at radius 1 is 1.03 bits per heavy atom. The van der Waals surface area contributed by atoms with E-state index in [1.807, 2.05) is 6.07 Å². The molecule has 1 aromatic rings. The van der Waals surface area contributed by atoms with E-state index in [4.69, 9.17) is 4.74 Å². The van der Waals surface area contributed by atoms with Crippen LogP contribution in [0.25, 0.3) is 6.08 Å². The molecule has 174 valence electrons. The average Bonchev–Trinajstić information content (AvgIpc) is 2.75. The molecule has 32 heavy (non-hydrogen) atoms. The molecule has 2 aliphatic heterocycles. The maximum Gasteiger partial charge on any atom is 0.342 e. The van der Waals surface area contributed by atoms with Crippen LogP contribution in [0, 0.1) is 5.92 Å². The fraction of sp³-hybridized carbons (Fsp3) is 0.500. The molecule has 0 radical (unpaired) electrons. The van der Waals surface area contributed by atoms with Crippen molar-refractivity contribution in [1.82, 2.24) is 4.90 Å². The van der Waals surface area contributed by atoms with Crippen molar-refractivity contribution >= 4 is 23.5 Å². The number of benzene rings is 1. The van der Waals surface area contributed by atoms with Crippen molar-refractivity contribution in [2.45, 2.75) is 38.6 Å². The van der Waals surface area contributed by atoms with Crippen molar-refractivity contribution in [1.29, 1.82) is 0 Å². The smallest absolute Gasteiger partial charge is 0.342 e. The first-order chi connectivity index (χ1) is 15.2. The van der Waals surface area contributed by atoms with Gasteiger partial charge in [0.1, 0.15) is 23.5 Å². The fourth-order valence-corrected chi connectivity index (χ4v) is 3.72. The number of hydrogen-bond acceptors (Lipinski definition) is 8. The molecule has 1 fully saturated rings. The Hall–Kier alpha value is -2.68. The molecule has 0 aromatic heterocycles. The van der Waals surface area contributed by atoms with Crippen LogP contribution in [0.3, 0.4) is 0 Å². The van der Waals surface area contributed by atoms with Gasteiger partial charge in [-0.1, -0.05) is 25.2 Å². The van der Waals surface area contributed by atoms with Crippen LogP contribution in [0.15, 0.2) is 30.4 Å². The number of aliphatic hydroxyl groups is 2. The number of hydrogen-bond donors (Lipinski definition) is 3. The minimum atomic E-state index is -1.55. The van der Waals surface area contributed by atoms with Crippen molar-refractivity contribution in [3.63, 3.8) is 0 Å². The highest BCUT2D eigenvalue weighted by Gasteiger charge is 2.26. The Bertz CT molecular complexity index is 904. The molecule has 0 bridgehead atoms. The number of nitrogens with zero attached hydrogens (tertiary/aromatic N) is 2. The van der Waals surface area contributed by atoms with Gasteiger partial charge in [0.25, 0.3) is 0 Å². The highest BCUT2D eigenvalue weighted by molar-refractivity contribution is 5.98. The number of carbonyl (C=O) groups excluding carboxylic acids is 2. The maximum atomic E-state index is 12.9. The quantitative estimate of drug-likeness (QED) is 0.560. The third-order valence-corrected chi connectivity index (χ3v) is 6.13. The molecule has 4 atom stereocenters. The second-order valence-electron chi connectivity index (χ2n) is 8.60. The summed E-state index contributed by atoms with van der Waals surface area (Å²) in [6, 6.07) is 3.39. The number of piperazine rings is 1. The normalized spacial score (nSPS) is 30.2. The molecule has 2 heterocycles. The van der Waals surface area contributed by atoms with Gasteiger partial charge in [-0.3, -0.25) is 4.79 Å². The zero-order chi connectivity index (χ0) is 23.4. The summed E-state index contributed by atoms with van der Waals surface area (Å²) < 4.78 is 5.57. The molecular weight excluding hydrogens is 412 g/mol. The van der Waals surface area contributed by atoms with Gasteiger partial charge in [0.05, 0.1) is 6.10 Å². The number of fused-ring (bicyclic) bond motifs is 1. The zero-order valence-corrected chi connectivity index (χ0v) is 18.8. The molecule has 0 spiro atoms. The standard InChI is InChI=1S/C24H32N2O6/c1-15-7-8-20(28)23(30)19(27)6-4-5-17-13-18(26-11-9-25(3)10-12-26)14-21(29)22(17)24(31)32-16(15)2/h4-5,7-8,13-16,19,23,27,29-30H,6,9-12H2,1-3H3/b5-4+,8-7-/t15-,16?,19?,23?/m1/s1. The fourth-order valence-electron chi connectivity index (χ4n) is 3.72. The number of aromatic hydroxyl groups is 1. The molecule has 2 aliphatic rings. The molecule has 0 saturated carbocycles. The molecular formula is C24H32N2O6. The lowest BCUT2D eigenvalue weighted by molar-refractivity contribution is -0.127. The number of esters is 1. The predicted molar refractivity (Wildman–Crippen MR) is 122 cm³/mol. The van der Waals surface area contributed by atoms with Gasteiger partial charge in [-0.25, -0.2) is 4.79 Å². The van der Waals surface area contributed by atoms with E-state index in [2.05, 4.69) is 16.8 Å². The van der Waals surface area contributed by atoms with E-state index in [9.17, 15) is 24.9 Å². The molecule has 1 aromatic carbocycles. The van der Waals surface area contributed by atoms with Crippen molar-refractivity contribution in [2.75, 3.05) is 38.1 Å². The molecule has 0 aliphatic carbocycles. The SMILES string of the molecule is CC1OC(=O)c2c(O)cc(N3CCN(C)CC3)cc2/C=C/CC(O)C(O)C(=O)/C=C\[C@H]1C. The number of phenolic OH excluding ortho intramolecular Hbond substituents is 1. The summed E-state index contributed by atoms with van der Waals surface area (Å²) in [6.07, 6.45) is 2.50. The number of anilines is 1. The lowest BCUT2D eigenvalue weighted by Crippen LogP contribution is -2.44. The number of likely N-dealkylation sites (N-methyl/N-ethyl adjacent to an activating group) is 1. The van der Waals surface area contributed by atoms with Crippen LogP contribution in [0.5, 0.6) is 5.75 Å². The third kappa shape index (κ3) is 5.56. The van der Waals surface area contributed by atoms with Crippen molar-refractivity contribution in [3.8, 4) is 5.75 Å². The van der Waals surface area contributed by atoms with Crippen LogP contribution >= 0.6 is 0 Å². The van der Waals surface area contributed by atoms with Crippen LogP contribution in [0.4, 0.5) is 5.69 Å². The van der Waals surface area contributed by atoms with Crippen LogP contribution < -0.4 is 4.90 Å². The Kier molecular flexibility index (Phi) is 7.71. The highest BCUT2D eigenvalue weighted by Crippen LogP contribution is 2.32. The molecule has 8 nitrogen and oxygen atoms in total. The average molecular weight is 445 g/mol. The van der Waals surface area contributed by atoms with E-state index in [-0.39, 0.29) is 23.7 Å². The second kappa shape index (κ2) is 10.3. The van der Waals surface area contributed by atoms with Crippen molar-refractivity contribution in [3.05, 3.63) is 41.5 Å². The molecule has 8 heteroatoms. The van der Waals surface area contributed by atoms with E-state index in [1.165, 1.54) is 12.2 Å². The summed E-state index contributed by atoms with van der Waals surface area (Å²) in [7, 11) is 2.05. The topological polar surface area (TPSA) is 111 Å². The van der Waals surface area contributed by atoms with Gasteiger partial charge < -0.3 is 29.9 Å². The molecule has 3 rings (SSSR count). The number of ketones is 1. The van der Waals surface area contributed by atoms with Gasteiger partial charge >= 0.3 is 5.97 Å². The first-order valence-corrected chi connectivity index (χ1v) is 10.9. The minimum Gasteiger partial charge on any atom is -0.507 e. The lowest BCUT2D eigenvalue weighted by atomic mass is 9.99. The predicted octanol–water partition coefficient (Wildman–Crippen LogP) is 1.59. The molecule has 1 saturated heterocycles. The van der Waals surface area contributed by atoms with Crippen LogP contribution in [0.1, 0.15) is 36.2 Å². The van der Waals surface area contributed by atoms with E-state index < -0.39 is 30.1 Å². The number of aliphatic hydroxyl groups excluding tert-OH is 2. The van der Waals surface area contributed by atoms with Crippen molar-refractivity contribution < 1.29 is 29.6 Å². The first-order valence-electron chi connectivity index (χ1n) is 10.9. The second-order valence-corrected chi connectivity index (χ2v) is 8.60. The number of cyclic esters (lactones) is 1. The Morgan fingerprint density at radius 2 is 1.72 bits per heavy atom. The van der Waals surface area contributed by atoms with Crippen LogP contribution in [-0.2, 0) is 9.53 Å². The van der Waals surface area contributed by atoms with Gasteiger partial charge in [-0.15, -0.1) is 0 Å². The summed E-state index contributed by atoms with van der Waals surface area (Å²) >= 11 is 0. The third-order valence-electron chi connectivity index (χ3n) is 6.13. The minimum absolute atomic E-state index is 0.000684.